The number of aryl methyl sites for hydroxylation is 2. The van der Waals surface area contributed by atoms with E-state index in [4.69, 9.17) is 5.11 Å². The van der Waals surface area contributed by atoms with Gasteiger partial charge in [-0.1, -0.05) is 25.5 Å². The average molecular weight is 292 g/mol. The summed E-state index contributed by atoms with van der Waals surface area (Å²) >= 11 is 0. The highest BCUT2D eigenvalue weighted by atomic mass is 16.4. The lowest BCUT2D eigenvalue weighted by Gasteiger charge is -2.20. The van der Waals surface area contributed by atoms with E-state index in [1.807, 2.05) is 39.0 Å². The van der Waals surface area contributed by atoms with Crippen molar-refractivity contribution in [2.75, 3.05) is 5.32 Å². The maximum Gasteiger partial charge on any atom is 0.320 e. The maximum absolute atomic E-state index is 12.2. The summed E-state index contributed by atoms with van der Waals surface area (Å²) in [6.07, 6.45) is 1.24. The van der Waals surface area contributed by atoms with Gasteiger partial charge in [-0.2, -0.15) is 0 Å². The normalized spacial score (nSPS) is 13.5. The van der Waals surface area contributed by atoms with Gasteiger partial charge in [0.2, 0.25) is 5.91 Å². The maximum atomic E-state index is 12.2. The minimum absolute atomic E-state index is 0.231. The molecule has 0 heterocycles. The van der Waals surface area contributed by atoms with Gasteiger partial charge in [-0.05, 0) is 44.4 Å². The highest BCUT2D eigenvalue weighted by Gasteiger charge is 2.22. The number of carbonyl (C=O) groups excluding carboxylic acids is 1. The van der Waals surface area contributed by atoms with Crippen LogP contribution in [0.1, 0.15) is 37.8 Å². The fourth-order valence-electron chi connectivity index (χ4n) is 2.06. The van der Waals surface area contributed by atoms with Gasteiger partial charge in [0.05, 0.1) is 6.04 Å². The molecule has 0 spiro atoms. The molecule has 2 unspecified atom stereocenters. The molecule has 0 fully saturated rings. The van der Waals surface area contributed by atoms with E-state index >= 15 is 0 Å². The smallest absolute Gasteiger partial charge is 0.320 e. The number of carboxylic acid groups (broad SMARTS) is 1. The van der Waals surface area contributed by atoms with E-state index < -0.39 is 18.1 Å². The second-order valence-electron chi connectivity index (χ2n) is 5.38. The molecule has 5 heteroatoms. The van der Waals surface area contributed by atoms with Gasteiger partial charge in [-0.25, -0.2) is 0 Å². The number of carboxylic acids is 1. The summed E-state index contributed by atoms with van der Waals surface area (Å²) < 4.78 is 0. The number of hydrogen-bond donors (Lipinski definition) is 3. The molecule has 0 aromatic heterocycles. The lowest BCUT2D eigenvalue weighted by Crippen LogP contribution is -2.47. The number of aliphatic carboxylic acids is 1. The van der Waals surface area contributed by atoms with Crippen LogP contribution in [0.4, 0.5) is 5.69 Å². The third-order valence-corrected chi connectivity index (χ3v) is 3.37. The summed E-state index contributed by atoms with van der Waals surface area (Å²) in [4.78, 5) is 23.3. The Morgan fingerprint density at radius 2 is 1.95 bits per heavy atom. The van der Waals surface area contributed by atoms with Crippen molar-refractivity contribution in [2.24, 2.45) is 0 Å². The van der Waals surface area contributed by atoms with E-state index in [0.717, 1.165) is 23.2 Å². The van der Waals surface area contributed by atoms with Gasteiger partial charge in [-0.3, -0.25) is 14.9 Å². The zero-order valence-electron chi connectivity index (χ0n) is 13.1. The molecule has 0 aliphatic rings. The number of benzene rings is 1. The van der Waals surface area contributed by atoms with Crippen LogP contribution in [0.2, 0.25) is 0 Å². The Bertz CT molecular complexity index is 514. The van der Waals surface area contributed by atoms with Crippen LogP contribution in [-0.2, 0) is 9.59 Å². The third kappa shape index (κ3) is 5.19. The molecule has 3 N–H and O–H groups in total. The lowest BCUT2D eigenvalue weighted by atomic mass is 10.1. The van der Waals surface area contributed by atoms with Crippen molar-refractivity contribution in [1.29, 1.82) is 0 Å². The average Bonchev–Trinajstić information content (AvgIpc) is 2.42. The Hall–Kier alpha value is -1.88. The molecular weight excluding hydrogens is 268 g/mol. The zero-order chi connectivity index (χ0) is 16.0. The molecule has 5 nitrogen and oxygen atoms in total. The van der Waals surface area contributed by atoms with Crippen LogP contribution in [0.5, 0.6) is 0 Å². The zero-order valence-corrected chi connectivity index (χ0v) is 13.1. The fourth-order valence-corrected chi connectivity index (χ4v) is 2.06. The van der Waals surface area contributed by atoms with Gasteiger partial charge in [0.15, 0.2) is 0 Å². The Balaban J connectivity index is 2.70. The van der Waals surface area contributed by atoms with Crippen molar-refractivity contribution in [3.8, 4) is 0 Å². The Morgan fingerprint density at radius 3 is 2.52 bits per heavy atom. The molecule has 0 radical (unpaired) electrons. The minimum atomic E-state index is -0.928. The van der Waals surface area contributed by atoms with Gasteiger partial charge in [-0.15, -0.1) is 0 Å². The number of hydrogen-bond acceptors (Lipinski definition) is 3. The summed E-state index contributed by atoms with van der Waals surface area (Å²) in [6, 6.07) is 4.56. The van der Waals surface area contributed by atoms with E-state index in [2.05, 4.69) is 10.6 Å². The van der Waals surface area contributed by atoms with Crippen LogP contribution >= 0.6 is 0 Å². The van der Waals surface area contributed by atoms with Crippen LogP contribution in [0.3, 0.4) is 0 Å². The Kier molecular flexibility index (Phi) is 6.37. The summed E-state index contributed by atoms with van der Waals surface area (Å²) in [6.45, 7) is 7.47. The van der Waals surface area contributed by atoms with Crippen LogP contribution in [0, 0.1) is 13.8 Å². The number of rotatable bonds is 7. The van der Waals surface area contributed by atoms with Crippen molar-refractivity contribution in [2.45, 2.75) is 52.6 Å². The first-order valence-electron chi connectivity index (χ1n) is 7.22. The number of carbonyl (C=O) groups is 2. The van der Waals surface area contributed by atoms with Crippen molar-refractivity contribution < 1.29 is 14.7 Å². The van der Waals surface area contributed by atoms with Gasteiger partial charge in [0.25, 0.3) is 0 Å². The molecule has 0 saturated heterocycles. The molecule has 2 atom stereocenters. The van der Waals surface area contributed by atoms with E-state index in [9.17, 15) is 9.59 Å². The van der Waals surface area contributed by atoms with Crippen molar-refractivity contribution >= 4 is 17.6 Å². The van der Waals surface area contributed by atoms with Crippen LogP contribution in [0.25, 0.3) is 0 Å². The van der Waals surface area contributed by atoms with E-state index in [1.165, 1.54) is 0 Å². The first-order chi connectivity index (χ1) is 9.85. The molecule has 21 heavy (non-hydrogen) atoms. The molecule has 0 aliphatic carbocycles. The van der Waals surface area contributed by atoms with Gasteiger partial charge < -0.3 is 10.4 Å². The SMILES string of the molecule is CCCC(NC(C)C(=O)Nc1cc(C)ccc1C)C(=O)O. The van der Waals surface area contributed by atoms with Crippen LogP contribution in [-0.4, -0.2) is 29.1 Å². The summed E-state index contributed by atoms with van der Waals surface area (Å²) in [5.74, 6) is -1.16. The largest absolute Gasteiger partial charge is 0.480 e. The monoisotopic (exact) mass is 292 g/mol. The molecule has 116 valence electrons. The van der Waals surface area contributed by atoms with Crippen LogP contribution in [0.15, 0.2) is 18.2 Å². The lowest BCUT2D eigenvalue weighted by molar-refractivity contribution is -0.140. The minimum Gasteiger partial charge on any atom is -0.480 e. The molecule has 1 aromatic rings. The molecular formula is C16H24N2O3. The Labute approximate surface area is 125 Å². The molecule has 0 saturated carbocycles. The molecule has 0 bridgehead atoms. The molecule has 1 rings (SSSR count). The molecule has 0 aliphatic heterocycles. The quantitative estimate of drug-likeness (QED) is 0.721. The predicted octanol–water partition coefficient (Wildman–Crippen LogP) is 2.47. The first kappa shape index (κ1) is 17.2. The number of anilines is 1. The highest BCUT2D eigenvalue weighted by Crippen LogP contribution is 2.16. The van der Waals surface area contributed by atoms with Gasteiger partial charge in [0, 0.05) is 5.69 Å². The third-order valence-electron chi connectivity index (χ3n) is 3.37. The number of nitrogens with one attached hydrogen (secondary N) is 2. The number of amides is 1. The summed E-state index contributed by atoms with van der Waals surface area (Å²) in [7, 11) is 0. The summed E-state index contributed by atoms with van der Waals surface area (Å²) in [5, 5.41) is 14.8. The molecule has 1 aromatic carbocycles. The van der Waals surface area contributed by atoms with E-state index in [1.54, 1.807) is 6.92 Å². The van der Waals surface area contributed by atoms with E-state index in [-0.39, 0.29) is 5.91 Å². The molecule has 1 amide bonds. The van der Waals surface area contributed by atoms with Crippen molar-refractivity contribution in [1.82, 2.24) is 5.32 Å². The first-order valence-corrected chi connectivity index (χ1v) is 7.22. The summed E-state index contributed by atoms with van der Waals surface area (Å²) in [5.41, 5.74) is 2.80. The van der Waals surface area contributed by atoms with E-state index in [0.29, 0.717) is 6.42 Å². The van der Waals surface area contributed by atoms with Crippen LogP contribution < -0.4 is 10.6 Å². The van der Waals surface area contributed by atoms with Crippen molar-refractivity contribution in [3.63, 3.8) is 0 Å². The van der Waals surface area contributed by atoms with Gasteiger partial charge >= 0.3 is 5.97 Å². The fraction of sp³-hybridized carbons (Fsp3) is 0.500. The standard InChI is InChI=1S/C16H24N2O3/c1-5-6-13(16(20)21)17-12(4)15(19)18-14-9-10(2)7-8-11(14)3/h7-9,12-13,17H,5-6H2,1-4H3,(H,18,19)(H,20,21). The Morgan fingerprint density at radius 1 is 1.29 bits per heavy atom. The predicted molar refractivity (Wildman–Crippen MR) is 83.5 cm³/mol. The highest BCUT2D eigenvalue weighted by molar-refractivity contribution is 5.95. The van der Waals surface area contributed by atoms with Gasteiger partial charge in [0.1, 0.15) is 6.04 Å². The second-order valence-corrected chi connectivity index (χ2v) is 5.38. The topological polar surface area (TPSA) is 78.4 Å². The van der Waals surface area contributed by atoms with Crippen molar-refractivity contribution in [3.05, 3.63) is 29.3 Å². The second kappa shape index (κ2) is 7.78.